The minimum atomic E-state index is 0. The molecular formula is C19H16AlCl3O2. The fraction of sp³-hybridized carbons (Fsp3) is 0. The Morgan fingerprint density at radius 2 is 1.20 bits per heavy atom. The van der Waals surface area contributed by atoms with Crippen LogP contribution in [-0.4, -0.2) is 22.1 Å². The molecule has 0 unspecified atom stereocenters. The molecule has 0 fully saturated rings. The summed E-state index contributed by atoms with van der Waals surface area (Å²) in [7, 11) is 0. The lowest BCUT2D eigenvalue weighted by Crippen LogP contribution is -2.15. The molecule has 6 heteroatoms. The third-order valence-corrected chi connectivity index (χ3v) is 3.80. The zero-order chi connectivity index (χ0) is 15.4. The van der Waals surface area contributed by atoms with Gasteiger partial charge in [0.2, 0.25) is 0 Å². The largest absolute Gasteiger partial charge is 0.457 e. The first kappa shape index (κ1) is 23.5. The van der Waals surface area contributed by atoms with E-state index in [1.807, 2.05) is 66.7 Å². The van der Waals surface area contributed by atoms with E-state index in [1.54, 1.807) is 12.1 Å². The fourth-order valence-electron chi connectivity index (χ4n) is 2.16. The molecule has 0 aliphatic carbocycles. The van der Waals surface area contributed by atoms with Gasteiger partial charge in [-0.25, -0.2) is 0 Å². The summed E-state index contributed by atoms with van der Waals surface area (Å²) < 4.78 is 6.63. The van der Waals surface area contributed by atoms with E-state index in [4.69, 9.17) is 4.74 Å². The Kier molecular flexibility index (Phi) is 10.5. The van der Waals surface area contributed by atoms with Crippen molar-refractivity contribution in [1.29, 1.82) is 0 Å². The Labute approximate surface area is 174 Å². The van der Waals surface area contributed by atoms with Crippen molar-refractivity contribution in [2.75, 3.05) is 0 Å². The highest BCUT2D eigenvalue weighted by Crippen LogP contribution is 2.21. The molecule has 3 aromatic carbocycles. The summed E-state index contributed by atoms with van der Waals surface area (Å²) in [6, 6.07) is 24.3. The van der Waals surface area contributed by atoms with Gasteiger partial charge >= 0.3 is 0 Å². The number of hydrogen-bond donors (Lipinski definition) is 0. The van der Waals surface area contributed by atoms with Gasteiger partial charge in [-0.2, -0.15) is 0 Å². The maximum atomic E-state index is 12.5. The van der Waals surface area contributed by atoms with Gasteiger partial charge in [0.05, 0.1) is 0 Å². The van der Waals surface area contributed by atoms with Crippen LogP contribution in [-0.2, 0) is 0 Å². The third-order valence-electron chi connectivity index (χ3n) is 3.30. The maximum Gasteiger partial charge on any atom is 0.191 e. The van der Waals surface area contributed by atoms with Crippen LogP contribution in [0.25, 0.3) is 0 Å². The predicted octanol–water partition coefficient (Wildman–Crippen LogP) is 4.77. The van der Waals surface area contributed by atoms with Gasteiger partial charge in [-0.15, -0.1) is 41.6 Å². The molecule has 25 heavy (non-hydrogen) atoms. The second kappa shape index (κ2) is 11.2. The van der Waals surface area contributed by atoms with E-state index >= 15 is 0 Å². The first-order chi connectivity index (χ1) is 10.7. The van der Waals surface area contributed by atoms with E-state index in [1.165, 1.54) is 0 Å². The average molecular weight is 410 g/mol. The number of rotatable bonds is 4. The van der Waals surface area contributed by atoms with Crippen LogP contribution in [0.1, 0.15) is 15.9 Å². The van der Waals surface area contributed by atoms with Crippen molar-refractivity contribution >= 4 is 63.7 Å². The molecule has 0 heterocycles. The fourth-order valence-corrected chi connectivity index (χ4v) is 2.50. The van der Waals surface area contributed by atoms with Crippen molar-refractivity contribution in [3.05, 3.63) is 90.0 Å². The van der Waals surface area contributed by atoms with E-state index in [9.17, 15) is 4.79 Å². The summed E-state index contributed by atoms with van der Waals surface area (Å²) in [5.74, 6) is 1.50. The molecule has 3 aromatic rings. The van der Waals surface area contributed by atoms with Gasteiger partial charge in [0, 0.05) is 11.1 Å². The number of halogens is 3. The molecule has 0 aromatic heterocycles. The molecule has 0 atom stereocenters. The molecule has 0 saturated heterocycles. The SMILES string of the molecule is Cl.Cl.Cl.O=C(c1ccc(Oc2ccccc2)cc1)c1cccc[c]1[Al]. The van der Waals surface area contributed by atoms with Crippen molar-refractivity contribution in [2.45, 2.75) is 0 Å². The molecule has 2 nitrogen and oxygen atoms in total. The highest BCUT2D eigenvalue weighted by atomic mass is 35.5. The van der Waals surface area contributed by atoms with Crippen LogP contribution in [0.3, 0.4) is 0 Å². The van der Waals surface area contributed by atoms with Gasteiger partial charge in [-0.1, -0.05) is 42.5 Å². The smallest absolute Gasteiger partial charge is 0.191 e. The van der Waals surface area contributed by atoms with Gasteiger partial charge in [0.25, 0.3) is 0 Å². The second-order valence-electron chi connectivity index (χ2n) is 4.86. The first-order valence-corrected chi connectivity index (χ1v) is 7.54. The Morgan fingerprint density at radius 3 is 1.80 bits per heavy atom. The third kappa shape index (κ3) is 6.08. The van der Waals surface area contributed by atoms with Crippen LogP contribution < -0.4 is 9.16 Å². The summed E-state index contributed by atoms with van der Waals surface area (Å²) in [6.07, 6.45) is 0. The quantitative estimate of drug-likeness (QED) is 0.458. The minimum Gasteiger partial charge on any atom is -0.457 e. The maximum absolute atomic E-state index is 12.5. The molecule has 0 amide bonds. The number of hydrogen-bond acceptors (Lipinski definition) is 2. The standard InChI is InChI=1S/C19H13O2.Al.3ClH/c20-19(15-7-3-1-4-8-15)16-11-13-18(14-12-16)21-17-9-5-2-6-10-17;;;;/h1-7,9-14H;;3*1H. The van der Waals surface area contributed by atoms with E-state index in [2.05, 4.69) is 16.3 Å². The van der Waals surface area contributed by atoms with Crippen LogP contribution in [0.15, 0.2) is 78.9 Å². The first-order valence-electron chi connectivity index (χ1n) is 6.96. The van der Waals surface area contributed by atoms with Crippen molar-refractivity contribution in [2.24, 2.45) is 0 Å². The van der Waals surface area contributed by atoms with Crippen molar-refractivity contribution < 1.29 is 9.53 Å². The van der Waals surface area contributed by atoms with Crippen molar-refractivity contribution in [3.63, 3.8) is 0 Å². The molecule has 0 bridgehead atoms. The molecule has 0 N–H and O–H groups in total. The van der Waals surface area contributed by atoms with E-state index in [0.29, 0.717) is 16.9 Å². The van der Waals surface area contributed by atoms with Gasteiger partial charge < -0.3 is 4.74 Å². The summed E-state index contributed by atoms with van der Waals surface area (Å²) in [6.45, 7) is 0. The van der Waals surface area contributed by atoms with Crippen LogP contribution >= 0.6 is 37.2 Å². The summed E-state index contributed by atoms with van der Waals surface area (Å²) in [5, 5.41) is 0. The number of carbonyl (C=O) groups is 1. The summed E-state index contributed by atoms with van der Waals surface area (Å²) in [5.41, 5.74) is 1.35. The zero-order valence-electron chi connectivity index (χ0n) is 13.1. The number of ketones is 1. The molecule has 2 radical (unpaired) electrons. The monoisotopic (exact) mass is 408 g/mol. The van der Waals surface area contributed by atoms with Gasteiger partial charge in [0.15, 0.2) is 22.1 Å². The highest BCUT2D eigenvalue weighted by Gasteiger charge is 2.10. The lowest BCUT2D eigenvalue weighted by molar-refractivity contribution is 0.104. The molecule has 0 saturated carbocycles. The Morgan fingerprint density at radius 1 is 0.680 bits per heavy atom. The van der Waals surface area contributed by atoms with Gasteiger partial charge in [-0.05, 0) is 36.4 Å². The van der Waals surface area contributed by atoms with Crippen LogP contribution in [0.5, 0.6) is 11.5 Å². The highest BCUT2D eigenvalue weighted by molar-refractivity contribution is 6.37. The van der Waals surface area contributed by atoms with E-state index < -0.39 is 0 Å². The minimum absolute atomic E-state index is 0. The van der Waals surface area contributed by atoms with E-state index in [0.717, 1.165) is 10.2 Å². The molecule has 128 valence electrons. The Hall–Kier alpha value is -1.47. The van der Waals surface area contributed by atoms with Crippen LogP contribution in [0.4, 0.5) is 0 Å². The lowest BCUT2D eigenvalue weighted by atomic mass is 10.0. The number of ether oxygens (including phenoxy) is 1. The average Bonchev–Trinajstić information content (AvgIpc) is 2.56. The normalized spacial score (nSPS) is 8.96. The van der Waals surface area contributed by atoms with Crippen molar-refractivity contribution in [1.82, 2.24) is 0 Å². The van der Waals surface area contributed by atoms with Gasteiger partial charge in [0.1, 0.15) is 11.5 Å². The molecule has 0 aliphatic rings. The molecular weight excluding hydrogens is 394 g/mol. The Bertz CT molecular complexity index is 793. The van der Waals surface area contributed by atoms with Crippen LogP contribution in [0.2, 0.25) is 0 Å². The molecule has 0 aliphatic heterocycles. The number of benzene rings is 3. The topological polar surface area (TPSA) is 26.3 Å². The predicted molar refractivity (Wildman–Crippen MR) is 110 cm³/mol. The van der Waals surface area contributed by atoms with Crippen molar-refractivity contribution in [3.8, 4) is 11.5 Å². The summed E-state index contributed by atoms with van der Waals surface area (Å²) >= 11 is 2.59. The second-order valence-corrected chi connectivity index (χ2v) is 5.48. The van der Waals surface area contributed by atoms with Crippen LogP contribution in [0, 0.1) is 0 Å². The molecule has 3 rings (SSSR count). The number of para-hydroxylation sites is 1. The van der Waals surface area contributed by atoms with E-state index in [-0.39, 0.29) is 43.0 Å². The zero-order valence-corrected chi connectivity index (χ0v) is 16.7. The Balaban J connectivity index is 0.00000192. The van der Waals surface area contributed by atoms with Gasteiger partial charge in [-0.3, -0.25) is 4.79 Å². The number of carbonyl (C=O) groups excluding carboxylic acids is 1. The molecule has 0 spiro atoms. The summed E-state index contributed by atoms with van der Waals surface area (Å²) in [4.78, 5) is 12.5. The lowest BCUT2D eigenvalue weighted by Gasteiger charge is -2.08.